The minimum atomic E-state index is -1.65. The monoisotopic (exact) mass is 277 g/mol. The zero-order chi connectivity index (χ0) is 14.6. The van der Waals surface area contributed by atoms with Crippen molar-refractivity contribution in [3.63, 3.8) is 0 Å². The zero-order valence-electron chi connectivity index (χ0n) is 11.0. The summed E-state index contributed by atoms with van der Waals surface area (Å²) in [5.74, 6) is -1.22. The number of rotatable bonds is 5. The molecule has 1 aliphatic rings. The van der Waals surface area contributed by atoms with Crippen molar-refractivity contribution in [1.82, 2.24) is 5.32 Å². The first-order valence-corrected chi connectivity index (χ1v) is 6.02. The van der Waals surface area contributed by atoms with Gasteiger partial charge in [0.05, 0.1) is 13.7 Å². The number of aliphatic hydroxyl groups is 1. The number of carbonyl (C=O) groups excluding carboxylic acids is 2. The zero-order valence-corrected chi connectivity index (χ0v) is 11.0. The number of methoxy groups -OCH3 is 1. The minimum Gasteiger partial charge on any atom is -0.490 e. The Balaban J connectivity index is 2.17. The molecule has 0 unspecified atom stereocenters. The van der Waals surface area contributed by atoms with Crippen molar-refractivity contribution < 1.29 is 24.2 Å². The van der Waals surface area contributed by atoms with Gasteiger partial charge in [0.1, 0.15) is 12.4 Å². The van der Waals surface area contributed by atoms with Gasteiger partial charge in [-0.15, -0.1) is 0 Å². The van der Waals surface area contributed by atoms with Crippen molar-refractivity contribution in [3.05, 3.63) is 47.7 Å². The van der Waals surface area contributed by atoms with Crippen LogP contribution >= 0.6 is 0 Å². The molecule has 6 heteroatoms. The van der Waals surface area contributed by atoms with E-state index in [1.165, 1.54) is 7.11 Å². The molecule has 0 bridgehead atoms. The summed E-state index contributed by atoms with van der Waals surface area (Å²) in [7, 11) is 1.18. The maximum atomic E-state index is 11.8. The van der Waals surface area contributed by atoms with E-state index in [1.807, 2.05) is 30.3 Å². The van der Waals surface area contributed by atoms with Crippen LogP contribution in [0.5, 0.6) is 0 Å². The predicted octanol–water partition coefficient (Wildman–Crippen LogP) is 0.121. The highest BCUT2D eigenvalue weighted by Crippen LogP contribution is 2.25. The topological polar surface area (TPSA) is 84.9 Å². The van der Waals surface area contributed by atoms with E-state index < -0.39 is 24.0 Å². The molecule has 106 valence electrons. The fourth-order valence-corrected chi connectivity index (χ4v) is 1.96. The van der Waals surface area contributed by atoms with E-state index in [1.54, 1.807) is 0 Å². The number of amides is 1. The highest BCUT2D eigenvalue weighted by molar-refractivity contribution is 6.01. The van der Waals surface area contributed by atoms with Crippen molar-refractivity contribution in [3.8, 4) is 0 Å². The van der Waals surface area contributed by atoms with E-state index in [9.17, 15) is 14.7 Å². The van der Waals surface area contributed by atoms with Crippen LogP contribution < -0.4 is 5.32 Å². The van der Waals surface area contributed by atoms with Crippen LogP contribution in [0, 0.1) is 0 Å². The molecule has 1 atom stereocenters. The van der Waals surface area contributed by atoms with Crippen molar-refractivity contribution in [2.75, 3.05) is 13.7 Å². The van der Waals surface area contributed by atoms with Gasteiger partial charge in [-0.2, -0.15) is 0 Å². The van der Waals surface area contributed by atoms with Crippen LogP contribution in [-0.4, -0.2) is 36.2 Å². The van der Waals surface area contributed by atoms with E-state index in [0.29, 0.717) is 0 Å². The summed E-state index contributed by atoms with van der Waals surface area (Å²) < 4.78 is 10.1. The lowest BCUT2D eigenvalue weighted by molar-refractivity contribution is -0.151. The van der Waals surface area contributed by atoms with E-state index in [-0.39, 0.29) is 12.4 Å². The van der Waals surface area contributed by atoms with Crippen LogP contribution in [0.15, 0.2) is 42.2 Å². The van der Waals surface area contributed by atoms with Gasteiger partial charge in [0.15, 0.2) is 0 Å². The third-order valence-electron chi connectivity index (χ3n) is 3.03. The maximum Gasteiger partial charge on any atom is 0.342 e. The number of ether oxygens (including phenoxy) is 2. The largest absolute Gasteiger partial charge is 0.490 e. The van der Waals surface area contributed by atoms with Gasteiger partial charge < -0.3 is 19.9 Å². The fraction of sp³-hybridized carbons (Fsp3) is 0.286. The second kappa shape index (κ2) is 5.75. The Labute approximate surface area is 116 Å². The van der Waals surface area contributed by atoms with Crippen LogP contribution in [0.25, 0.3) is 0 Å². The molecule has 1 aliphatic heterocycles. The molecule has 0 saturated heterocycles. The number of carbonyl (C=O) groups is 2. The van der Waals surface area contributed by atoms with E-state index in [0.717, 1.165) is 11.6 Å². The Morgan fingerprint density at radius 2 is 2.05 bits per heavy atom. The van der Waals surface area contributed by atoms with Crippen LogP contribution in [0.2, 0.25) is 0 Å². The van der Waals surface area contributed by atoms with Crippen molar-refractivity contribution in [2.45, 2.75) is 12.1 Å². The number of esters is 1. The molecule has 0 saturated carbocycles. The first-order chi connectivity index (χ1) is 9.62. The molecule has 2 rings (SSSR count). The summed E-state index contributed by atoms with van der Waals surface area (Å²) in [6, 6.07) is 9.28. The van der Waals surface area contributed by atoms with Crippen LogP contribution in [-0.2, 0) is 25.7 Å². The standard InChI is InChI=1S/C14H15NO5/c1-19-13(18)14(9-16)11(7-12(17)15-14)20-8-10-5-3-2-4-6-10/h2-7,16H,8-9H2,1H3,(H,15,17)/t14-/m1/s1. The molecular weight excluding hydrogens is 262 g/mol. The van der Waals surface area contributed by atoms with Crippen molar-refractivity contribution in [2.24, 2.45) is 0 Å². The molecule has 0 aliphatic carbocycles. The first kappa shape index (κ1) is 14.1. The van der Waals surface area contributed by atoms with Gasteiger partial charge in [-0.1, -0.05) is 30.3 Å². The fourth-order valence-electron chi connectivity index (χ4n) is 1.96. The highest BCUT2D eigenvalue weighted by atomic mass is 16.5. The number of hydrogen-bond donors (Lipinski definition) is 2. The molecule has 6 nitrogen and oxygen atoms in total. The summed E-state index contributed by atoms with van der Waals surface area (Å²) in [6.45, 7) is -0.452. The van der Waals surface area contributed by atoms with E-state index in [4.69, 9.17) is 4.74 Å². The Morgan fingerprint density at radius 1 is 1.35 bits per heavy atom. The third-order valence-corrected chi connectivity index (χ3v) is 3.03. The van der Waals surface area contributed by atoms with E-state index in [2.05, 4.69) is 10.1 Å². The van der Waals surface area contributed by atoms with Crippen molar-refractivity contribution >= 4 is 11.9 Å². The Bertz CT molecular complexity index is 540. The number of aliphatic hydroxyl groups excluding tert-OH is 1. The predicted molar refractivity (Wildman–Crippen MR) is 69.3 cm³/mol. The second-order valence-corrected chi connectivity index (χ2v) is 4.33. The van der Waals surface area contributed by atoms with Gasteiger partial charge in [-0.3, -0.25) is 4.79 Å². The van der Waals surface area contributed by atoms with Gasteiger partial charge in [0.2, 0.25) is 11.4 Å². The summed E-state index contributed by atoms with van der Waals surface area (Å²) in [5.41, 5.74) is -0.773. The normalized spacial score (nSPS) is 21.1. The molecule has 1 heterocycles. The van der Waals surface area contributed by atoms with Crippen molar-refractivity contribution in [1.29, 1.82) is 0 Å². The first-order valence-electron chi connectivity index (χ1n) is 6.02. The quantitative estimate of drug-likeness (QED) is 0.747. The number of hydrogen-bond acceptors (Lipinski definition) is 5. The molecule has 1 aromatic rings. The lowest BCUT2D eigenvalue weighted by Crippen LogP contribution is -2.55. The lowest BCUT2D eigenvalue weighted by Gasteiger charge is -2.26. The molecule has 0 radical (unpaired) electrons. The summed E-state index contributed by atoms with van der Waals surface area (Å²) in [5, 5.41) is 11.8. The lowest BCUT2D eigenvalue weighted by atomic mass is 10.0. The Kier molecular flexibility index (Phi) is 4.05. The van der Waals surface area contributed by atoms with Gasteiger partial charge >= 0.3 is 5.97 Å². The molecule has 1 amide bonds. The van der Waals surface area contributed by atoms with Crippen LogP contribution in [0.3, 0.4) is 0 Å². The van der Waals surface area contributed by atoms with Gasteiger partial charge in [-0.05, 0) is 5.56 Å². The molecule has 0 spiro atoms. The summed E-state index contributed by atoms with van der Waals surface area (Å²) >= 11 is 0. The average Bonchev–Trinajstić information content (AvgIpc) is 2.82. The maximum absolute atomic E-state index is 11.8. The highest BCUT2D eigenvalue weighted by Gasteiger charge is 2.50. The summed E-state index contributed by atoms with van der Waals surface area (Å²) in [6.07, 6.45) is 1.15. The second-order valence-electron chi connectivity index (χ2n) is 4.33. The molecule has 0 aromatic heterocycles. The molecule has 20 heavy (non-hydrogen) atoms. The van der Waals surface area contributed by atoms with E-state index >= 15 is 0 Å². The van der Waals surface area contributed by atoms with Gasteiger partial charge in [0.25, 0.3) is 0 Å². The molecule has 2 N–H and O–H groups in total. The SMILES string of the molecule is COC(=O)[C@]1(CO)NC(=O)C=C1OCc1ccccc1. The molecule has 1 aromatic carbocycles. The number of benzene rings is 1. The number of nitrogens with one attached hydrogen (secondary N) is 1. The van der Waals surface area contributed by atoms with Gasteiger partial charge in [0, 0.05) is 6.08 Å². The average molecular weight is 277 g/mol. The Morgan fingerprint density at radius 3 is 2.65 bits per heavy atom. The summed E-state index contributed by atoms with van der Waals surface area (Å²) in [4.78, 5) is 23.3. The Hall–Kier alpha value is -2.34. The van der Waals surface area contributed by atoms with Crippen LogP contribution in [0.1, 0.15) is 5.56 Å². The molecule has 0 fully saturated rings. The van der Waals surface area contributed by atoms with Gasteiger partial charge in [-0.25, -0.2) is 4.79 Å². The molecular formula is C14H15NO5. The minimum absolute atomic E-state index is 0.0562. The third kappa shape index (κ3) is 2.50. The smallest absolute Gasteiger partial charge is 0.342 e. The van der Waals surface area contributed by atoms with Crippen LogP contribution in [0.4, 0.5) is 0 Å².